The minimum absolute atomic E-state index is 0.0758. The third-order valence-corrected chi connectivity index (χ3v) is 5.42. The summed E-state index contributed by atoms with van der Waals surface area (Å²) in [6.07, 6.45) is 1.46. The number of esters is 1. The molecule has 0 aliphatic heterocycles. The topological polar surface area (TPSA) is 93.1 Å². The monoisotopic (exact) mass is 484 g/mol. The summed E-state index contributed by atoms with van der Waals surface area (Å²) in [6.45, 7) is 3.09. The van der Waals surface area contributed by atoms with Crippen molar-refractivity contribution in [3.8, 4) is 5.75 Å². The lowest BCUT2D eigenvalue weighted by molar-refractivity contribution is -0.147. The second kappa shape index (κ2) is 12.7. The summed E-state index contributed by atoms with van der Waals surface area (Å²) in [7, 11) is 0. The van der Waals surface area contributed by atoms with E-state index in [0.717, 1.165) is 12.1 Å². The van der Waals surface area contributed by atoms with Gasteiger partial charge in [0.15, 0.2) is 12.4 Å². The first-order valence-electron chi connectivity index (χ1n) is 11.2. The van der Waals surface area contributed by atoms with E-state index in [1.807, 2.05) is 12.2 Å². The number of aliphatic hydroxyl groups is 2. The van der Waals surface area contributed by atoms with E-state index in [1.54, 1.807) is 13.8 Å². The Morgan fingerprint density at radius 1 is 1.18 bits per heavy atom. The predicted octanol–water partition coefficient (Wildman–Crippen LogP) is 4.25. The molecule has 1 saturated carbocycles. The van der Waals surface area contributed by atoms with Crippen molar-refractivity contribution >= 4 is 11.8 Å². The molecule has 1 aromatic rings. The van der Waals surface area contributed by atoms with Crippen molar-refractivity contribution < 1.29 is 42.4 Å². The second-order valence-corrected chi connectivity index (χ2v) is 8.54. The molecule has 0 saturated heterocycles. The Bertz CT molecular complexity index is 878. The zero-order valence-electron chi connectivity index (χ0n) is 19.2. The van der Waals surface area contributed by atoms with Gasteiger partial charge in [-0.1, -0.05) is 24.3 Å². The molecular weight excluding hydrogens is 453 g/mol. The summed E-state index contributed by atoms with van der Waals surface area (Å²) in [6, 6.07) is 4.25. The molecule has 0 radical (unpaired) electrons. The highest BCUT2D eigenvalue weighted by molar-refractivity contribution is 5.91. The number of ketones is 1. The number of benzene rings is 1. The van der Waals surface area contributed by atoms with Crippen LogP contribution in [0.15, 0.2) is 48.6 Å². The Morgan fingerprint density at radius 3 is 2.59 bits per heavy atom. The van der Waals surface area contributed by atoms with Crippen LogP contribution in [0, 0.1) is 11.8 Å². The van der Waals surface area contributed by atoms with Crippen molar-refractivity contribution in [3.63, 3.8) is 0 Å². The van der Waals surface area contributed by atoms with Gasteiger partial charge in [-0.3, -0.25) is 9.59 Å². The molecule has 6 nitrogen and oxygen atoms in total. The van der Waals surface area contributed by atoms with E-state index in [1.165, 1.54) is 24.3 Å². The van der Waals surface area contributed by atoms with E-state index < -0.39 is 42.3 Å². The fraction of sp³-hybridized carbons (Fsp3) is 0.520. The van der Waals surface area contributed by atoms with E-state index in [-0.39, 0.29) is 36.6 Å². The van der Waals surface area contributed by atoms with Crippen molar-refractivity contribution in [2.24, 2.45) is 11.8 Å². The lowest BCUT2D eigenvalue weighted by Crippen LogP contribution is -2.20. The van der Waals surface area contributed by atoms with Crippen molar-refractivity contribution in [2.75, 3.05) is 6.61 Å². The van der Waals surface area contributed by atoms with Gasteiger partial charge in [0.25, 0.3) is 0 Å². The number of allylic oxidation sites excluding steroid dienone is 2. The van der Waals surface area contributed by atoms with Crippen LogP contribution in [-0.2, 0) is 20.5 Å². The fourth-order valence-electron chi connectivity index (χ4n) is 3.78. The summed E-state index contributed by atoms with van der Waals surface area (Å²) < 4.78 is 48.5. The molecule has 188 valence electrons. The third kappa shape index (κ3) is 8.95. The summed E-state index contributed by atoms with van der Waals surface area (Å²) in [5, 5.41) is 20.6. The Hall–Kier alpha value is -2.65. The molecule has 1 aromatic carbocycles. The molecule has 0 amide bonds. The molecule has 2 N–H and O–H groups in total. The number of hydrogen-bond donors (Lipinski definition) is 2. The zero-order chi connectivity index (χ0) is 25.3. The Balaban J connectivity index is 1.87. The van der Waals surface area contributed by atoms with Crippen molar-refractivity contribution in [1.29, 1.82) is 0 Å². The molecular formula is C25H31F3O6. The molecule has 0 spiro atoms. The number of halogens is 3. The SMILES string of the molecule is CC(C)OC(=O)CC/C=C/C[C@@H]1C(/C=C/C(=O)COc2cccc(C(F)(F)F)c2)[C@H](O)C[C@@H]1O. The van der Waals surface area contributed by atoms with E-state index in [0.29, 0.717) is 12.8 Å². The first-order valence-corrected chi connectivity index (χ1v) is 11.2. The van der Waals surface area contributed by atoms with E-state index in [9.17, 15) is 33.0 Å². The van der Waals surface area contributed by atoms with Crippen LogP contribution >= 0.6 is 0 Å². The molecule has 2 rings (SSSR count). The maximum absolute atomic E-state index is 12.8. The first kappa shape index (κ1) is 27.6. The minimum Gasteiger partial charge on any atom is -0.485 e. The maximum atomic E-state index is 12.8. The number of ether oxygens (including phenoxy) is 2. The Kier molecular flexibility index (Phi) is 10.3. The molecule has 1 aliphatic carbocycles. The summed E-state index contributed by atoms with van der Waals surface area (Å²) in [5.74, 6) is -1.63. The molecule has 4 atom stereocenters. The number of aliphatic hydroxyl groups excluding tert-OH is 2. The van der Waals surface area contributed by atoms with Gasteiger partial charge in [0.1, 0.15) is 5.75 Å². The van der Waals surface area contributed by atoms with Gasteiger partial charge in [0.2, 0.25) is 0 Å². The van der Waals surface area contributed by atoms with Crippen LogP contribution in [0.3, 0.4) is 0 Å². The molecule has 1 unspecified atom stereocenters. The number of carbonyl (C=O) groups is 2. The van der Waals surface area contributed by atoms with E-state index in [2.05, 4.69) is 0 Å². The quantitative estimate of drug-likeness (QED) is 0.277. The molecule has 0 heterocycles. The molecule has 1 aliphatic rings. The van der Waals surface area contributed by atoms with Gasteiger partial charge in [-0.25, -0.2) is 0 Å². The van der Waals surface area contributed by atoms with Gasteiger partial charge in [-0.05, 0) is 56.9 Å². The lowest BCUT2D eigenvalue weighted by Gasteiger charge is -2.19. The summed E-state index contributed by atoms with van der Waals surface area (Å²) in [4.78, 5) is 23.7. The maximum Gasteiger partial charge on any atom is 0.416 e. The van der Waals surface area contributed by atoms with Gasteiger partial charge in [-0.15, -0.1) is 0 Å². The van der Waals surface area contributed by atoms with Crippen LogP contribution in [0.2, 0.25) is 0 Å². The highest BCUT2D eigenvalue weighted by Crippen LogP contribution is 2.36. The van der Waals surface area contributed by atoms with Crippen LogP contribution in [0.4, 0.5) is 13.2 Å². The number of carbonyl (C=O) groups excluding carboxylic acids is 2. The van der Waals surface area contributed by atoms with Crippen LogP contribution in [0.25, 0.3) is 0 Å². The minimum atomic E-state index is -4.51. The largest absolute Gasteiger partial charge is 0.485 e. The highest BCUT2D eigenvalue weighted by atomic mass is 19.4. The highest BCUT2D eigenvalue weighted by Gasteiger charge is 2.39. The summed E-state index contributed by atoms with van der Waals surface area (Å²) in [5.41, 5.74) is -0.872. The molecule has 34 heavy (non-hydrogen) atoms. The molecule has 0 aromatic heterocycles. The van der Waals surface area contributed by atoms with Gasteiger partial charge in [0.05, 0.1) is 23.9 Å². The van der Waals surface area contributed by atoms with Crippen LogP contribution in [0.1, 0.15) is 45.1 Å². The standard InChI is InChI=1S/C25H31F3O6/c1-16(2)34-24(32)10-5-3-4-9-20-21(23(31)14-22(20)30)12-11-18(29)15-33-19-8-6-7-17(13-19)25(26,27)28/h3-4,6-8,11-13,16,20-23,30-31H,5,9-10,14-15H2,1-2H3/b4-3+,12-11+/t20-,21?,22+,23-/m1/s1. The van der Waals surface area contributed by atoms with E-state index in [4.69, 9.17) is 9.47 Å². The predicted molar refractivity (Wildman–Crippen MR) is 119 cm³/mol. The summed E-state index contributed by atoms with van der Waals surface area (Å²) >= 11 is 0. The second-order valence-electron chi connectivity index (χ2n) is 8.54. The van der Waals surface area contributed by atoms with Gasteiger partial charge >= 0.3 is 12.1 Å². The first-order chi connectivity index (χ1) is 16.0. The van der Waals surface area contributed by atoms with Gasteiger partial charge < -0.3 is 19.7 Å². The number of rotatable bonds is 11. The fourth-order valence-corrected chi connectivity index (χ4v) is 3.78. The van der Waals surface area contributed by atoms with Crippen molar-refractivity contribution in [3.05, 3.63) is 54.1 Å². The normalized spacial score (nSPS) is 23.2. The molecule has 1 fully saturated rings. The van der Waals surface area contributed by atoms with Crippen LogP contribution in [-0.4, -0.2) is 46.9 Å². The Labute approximate surface area is 197 Å². The van der Waals surface area contributed by atoms with Crippen molar-refractivity contribution in [2.45, 2.75) is 64.0 Å². The average Bonchev–Trinajstić information content (AvgIpc) is 3.01. The Morgan fingerprint density at radius 2 is 1.91 bits per heavy atom. The molecule has 0 bridgehead atoms. The van der Waals surface area contributed by atoms with Gasteiger partial charge in [0, 0.05) is 18.8 Å². The number of hydrogen-bond acceptors (Lipinski definition) is 6. The average molecular weight is 485 g/mol. The smallest absolute Gasteiger partial charge is 0.416 e. The zero-order valence-corrected chi connectivity index (χ0v) is 19.2. The van der Waals surface area contributed by atoms with E-state index >= 15 is 0 Å². The van der Waals surface area contributed by atoms with Gasteiger partial charge in [-0.2, -0.15) is 13.2 Å². The van der Waals surface area contributed by atoms with Crippen LogP contribution in [0.5, 0.6) is 5.75 Å². The third-order valence-electron chi connectivity index (χ3n) is 5.42. The number of alkyl halides is 3. The molecule has 9 heteroatoms. The van der Waals surface area contributed by atoms with Crippen LogP contribution < -0.4 is 4.74 Å². The van der Waals surface area contributed by atoms with Crippen molar-refractivity contribution in [1.82, 2.24) is 0 Å². The lowest BCUT2D eigenvalue weighted by atomic mass is 9.90.